The summed E-state index contributed by atoms with van der Waals surface area (Å²) >= 11 is 4.77. The van der Waals surface area contributed by atoms with Crippen LogP contribution >= 0.6 is 12.6 Å². The van der Waals surface area contributed by atoms with Gasteiger partial charge in [-0.1, -0.05) is 31.2 Å². The van der Waals surface area contributed by atoms with Crippen LogP contribution in [0.4, 0.5) is 0 Å². The minimum absolute atomic E-state index is 0.0531. The van der Waals surface area contributed by atoms with Crippen LogP contribution in [0.5, 0.6) is 0 Å². The monoisotopic (exact) mass is 426 g/mol. The minimum atomic E-state index is -0.424. The number of rotatable bonds is 6. The van der Waals surface area contributed by atoms with Crippen molar-refractivity contribution in [2.24, 2.45) is 17.3 Å². The molecule has 2 aliphatic rings. The molecule has 0 aromatic heterocycles. The van der Waals surface area contributed by atoms with E-state index in [0.29, 0.717) is 11.8 Å². The molecule has 2 fully saturated rings. The van der Waals surface area contributed by atoms with Crippen LogP contribution < -0.4 is 0 Å². The van der Waals surface area contributed by atoms with E-state index in [4.69, 9.17) is 22.1 Å². The zero-order chi connectivity index (χ0) is 21.7. The molecule has 0 heterocycles. The Kier molecular flexibility index (Phi) is 5.69. The molecule has 0 N–H and O–H groups in total. The number of fused-ring (bicyclic) bond motifs is 3. The molecule has 4 rings (SSSR count). The van der Waals surface area contributed by atoms with Gasteiger partial charge in [-0.3, -0.25) is 4.79 Å². The lowest BCUT2D eigenvalue weighted by molar-refractivity contribution is -0.166. The third kappa shape index (κ3) is 4.01. The van der Waals surface area contributed by atoms with Crippen molar-refractivity contribution in [1.82, 2.24) is 0 Å². The summed E-state index contributed by atoms with van der Waals surface area (Å²) in [5.41, 5.74) is 0.297. The van der Waals surface area contributed by atoms with E-state index in [0.717, 1.165) is 36.1 Å². The fourth-order valence-electron chi connectivity index (χ4n) is 5.05. The highest BCUT2D eigenvalue weighted by atomic mass is 32.1. The van der Waals surface area contributed by atoms with E-state index in [1.807, 2.05) is 20.8 Å². The SMILES string of the molecule is CCC(C)(C)C(=O)OC1CC2CC1CC2OC(C)(C)c1cc2ccccc2cc1S. The molecule has 2 aromatic carbocycles. The third-order valence-corrected chi connectivity index (χ3v) is 7.75. The molecule has 0 aliphatic heterocycles. The van der Waals surface area contributed by atoms with Gasteiger partial charge in [-0.2, -0.15) is 0 Å². The first-order valence-corrected chi connectivity index (χ1v) is 11.7. The first kappa shape index (κ1) is 21.7. The van der Waals surface area contributed by atoms with Crippen LogP contribution in [0, 0.1) is 17.3 Å². The fourth-order valence-corrected chi connectivity index (χ4v) is 5.53. The summed E-state index contributed by atoms with van der Waals surface area (Å²) in [7, 11) is 0. The summed E-state index contributed by atoms with van der Waals surface area (Å²) in [6.45, 7) is 10.3. The van der Waals surface area contributed by atoms with E-state index in [2.05, 4.69) is 50.2 Å². The van der Waals surface area contributed by atoms with Crippen molar-refractivity contribution in [3.8, 4) is 0 Å². The molecular weight excluding hydrogens is 392 g/mol. The highest BCUT2D eigenvalue weighted by molar-refractivity contribution is 7.80. The number of carbonyl (C=O) groups is 1. The predicted octanol–water partition coefficient (Wildman–Crippen LogP) is 6.53. The maximum Gasteiger partial charge on any atom is 0.311 e. The molecule has 162 valence electrons. The third-order valence-electron chi connectivity index (χ3n) is 7.38. The molecule has 0 radical (unpaired) electrons. The lowest BCUT2D eigenvalue weighted by Crippen LogP contribution is -2.38. The maximum absolute atomic E-state index is 12.5. The van der Waals surface area contributed by atoms with Gasteiger partial charge < -0.3 is 9.47 Å². The van der Waals surface area contributed by atoms with Gasteiger partial charge in [0.15, 0.2) is 0 Å². The molecule has 30 heavy (non-hydrogen) atoms. The van der Waals surface area contributed by atoms with Crippen LogP contribution in [-0.4, -0.2) is 18.2 Å². The fraction of sp³-hybridized carbons (Fsp3) is 0.577. The second kappa shape index (κ2) is 7.87. The van der Waals surface area contributed by atoms with E-state index in [1.54, 1.807) is 0 Å². The molecule has 0 amide bonds. The summed E-state index contributed by atoms with van der Waals surface area (Å²) in [6, 6.07) is 12.7. The van der Waals surface area contributed by atoms with Crippen molar-refractivity contribution in [3.05, 3.63) is 42.0 Å². The Hall–Kier alpha value is -1.52. The van der Waals surface area contributed by atoms with Crippen LogP contribution in [0.3, 0.4) is 0 Å². The molecule has 3 nitrogen and oxygen atoms in total. The zero-order valence-corrected chi connectivity index (χ0v) is 19.7. The van der Waals surface area contributed by atoms with Crippen LogP contribution in [0.25, 0.3) is 10.8 Å². The van der Waals surface area contributed by atoms with Gasteiger partial charge in [0.2, 0.25) is 0 Å². The standard InChI is InChI=1S/C26H34O3S/c1-6-25(2,3)24(27)28-21-13-19-11-18(21)14-22(19)29-26(4,5)20-12-16-9-7-8-10-17(16)15-23(20)30/h7-10,12,15,18-19,21-22,30H,6,11,13-14H2,1-5H3. The summed E-state index contributed by atoms with van der Waals surface area (Å²) in [6.07, 6.45) is 4.04. The van der Waals surface area contributed by atoms with E-state index in [-0.39, 0.29) is 18.2 Å². The second-order valence-corrected chi connectivity index (χ2v) is 10.8. The number of thiol groups is 1. The Morgan fingerprint density at radius 1 is 1.00 bits per heavy atom. The van der Waals surface area contributed by atoms with Gasteiger partial charge in [0.05, 0.1) is 17.1 Å². The van der Waals surface area contributed by atoms with Crippen molar-refractivity contribution in [1.29, 1.82) is 0 Å². The summed E-state index contributed by atoms with van der Waals surface area (Å²) < 4.78 is 12.6. The van der Waals surface area contributed by atoms with Crippen LogP contribution in [0.15, 0.2) is 41.3 Å². The van der Waals surface area contributed by atoms with Crippen molar-refractivity contribution in [2.75, 3.05) is 0 Å². The Balaban J connectivity index is 1.44. The Morgan fingerprint density at radius 2 is 1.60 bits per heavy atom. The molecule has 2 bridgehead atoms. The largest absolute Gasteiger partial charge is 0.462 e. The maximum atomic E-state index is 12.5. The Bertz CT molecular complexity index is 948. The summed E-state index contributed by atoms with van der Waals surface area (Å²) in [4.78, 5) is 13.5. The van der Waals surface area contributed by atoms with Gasteiger partial charge in [-0.05, 0) is 93.7 Å². The van der Waals surface area contributed by atoms with Crippen LogP contribution in [0.2, 0.25) is 0 Å². The van der Waals surface area contributed by atoms with Gasteiger partial charge >= 0.3 is 5.97 Å². The average Bonchev–Trinajstić information content (AvgIpc) is 3.26. The topological polar surface area (TPSA) is 35.5 Å². The highest BCUT2D eigenvalue weighted by Gasteiger charge is 2.50. The van der Waals surface area contributed by atoms with Gasteiger partial charge in [0.1, 0.15) is 6.10 Å². The van der Waals surface area contributed by atoms with Gasteiger partial charge in [0, 0.05) is 4.90 Å². The van der Waals surface area contributed by atoms with Crippen molar-refractivity contribution in [3.63, 3.8) is 0 Å². The number of esters is 1. The molecular formula is C26H34O3S. The normalized spacial score (nSPS) is 26.3. The molecule has 2 aliphatic carbocycles. The number of hydrogen-bond donors (Lipinski definition) is 1. The van der Waals surface area contributed by atoms with Crippen molar-refractivity contribution in [2.45, 2.75) is 83.0 Å². The second-order valence-electron chi connectivity index (χ2n) is 10.3. The average molecular weight is 427 g/mol. The van der Waals surface area contributed by atoms with E-state index in [1.165, 1.54) is 10.8 Å². The molecule has 4 atom stereocenters. The predicted molar refractivity (Wildman–Crippen MR) is 124 cm³/mol. The number of ether oxygens (including phenoxy) is 2. The lowest BCUT2D eigenvalue weighted by Gasteiger charge is -2.36. The first-order valence-electron chi connectivity index (χ1n) is 11.2. The van der Waals surface area contributed by atoms with Crippen molar-refractivity contribution >= 4 is 29.4 Å². The molecule has 4 heteroatoms. The van der Waals surface area contributed by atoms with Crippen LogP contribution in [-0.2, 0) is 19.9 Å². The summed E-state index contributed by atoms with van der Waals surface area (Å²) in [5, 5.41) is 2.40. The molecule has 2 aromatic rings. The molecule has 0 saturated heterocycles. The van der Waals surface area contributed by atoms with Gasteiger partial charge in [0.25, 0.3) is 0 Å². The minimum Gasteiger partial charge on any atom is -0.462 e. The quantitative estimate of drug-likeness (QED) is 0.421. The van der Waals surface area contributed by atoms with Gasteiger partial charge in [-0.15, -0.1) is 12.6 Å². The molecule has 0 spiro atoms. The Labute approximate surface area is 185 Å². The summed E-state index contributed by atoms with van der Waals surface area (Å²) in [5.74, 6) is 0.816. The number of hydrogen-bond acceptors (Lipinski definition) is 4. The number of carbonyl (C=O) groups excluding carboxylic acids is 1. The van der Waals surface area contributed by atoms with Crippen LogP contribution in [0.1, 0.15) is 65.9 Å². The highest BCUT2D eigenvalue weighted by Crippen LogP contribution is 2.50. The molecule has 4 unspecified atom stereocenters. The van der Waals surface area contributed by atoms with E-state index in [9.17, 15) is 4.79 Å². The van der Waals surface area contributed by atoms with E-state index >= 15 is 0 Å². The smallest absolute Gasteiger partial charge is 0.311 e. The Morgan fingerprint density at radius 3 is 2.20 bits per heavy atom. The zero-order valence-electron chi connectivity index (χ0n) is 18.8. The number of benzene rings is 2. The molecule has 2 saturated carbocycles. The lowest BCUT2D eigenvalue weighted by atomic mass is 9.89. The van der Waals surface area contributed by atoms with Gasteiger partial charge in [-0.25, -0.2) is 0 Å². The van der Waals surface area contributed by atoms with E-state index < -0.39 is 11.0 Å². The van der Waals surface area contributed by atoms with Crippen molar-refractivity contribution < 1.29 is 14.3 Å². The first-order chi connectivity index (χ1) is 14.1.